The van der Waals surface area contributed by atoms with E-state index in [1.807, 2.05) is 20.1 Å². The maximum Gasteiger partial charge on any atom is 0.295 e. The Kier molecular flexibility index (Phi) is 8.18. The highest BCUT2D eigenvalue weighted by Gasteiger charge is 2.31. The van der Waals surface area contributed by atoms with Crippen LogP contribution in [0.1, 0.15) is 11.1 Å². The average molecular weight is 939 g/mol. The highest BCUT2D eigenvalue weighted by Crippen LogP contribution is 2.38. The predicted molar refractivity (Wildman–Crippen MR) is 232 cm³/mol. The first-order valence-electron chi connectivity index (χ1n) is 18.6. The maximum absolute atomic E-state index is 12.7. The summed E-state index contributed by atoms with van der Waals surface area (Å²) in [5.74, 6) is 0. The Balaban J connectivity index is 0.860. The molecular weight excluding hydrogens is 913 g/mol. The zero-order valence-electron chi connectivity index (χ0n) is 32.0. The second-order valence-electron chi connectivity index (χ2n) is 14.7. The smallest absolute Gasteiger partial charge is 0.282 e. The minimum absolute atomic E-state index is 0.0359. The first-order valence-corrected chi connectivity index (χ1v) is 24.3. The molecule has 322 valence electrons. The number of hydrogen-bond acceptors (Lipinski definition) is 10. The van der Waals surface area contributed by atoms with Gasteiger partial charge in [0.05, 0.1) is 27.6 Å². The van der Waals surface area contributed by atoms with Crippen LogP contribution in [0.5, 0.6) is 0 Å². The molecule has 0 unspecified atom stereocenters. The molecule has 20 nitrogen and oxygen atoms in total. The molecule has 0 saturated carbocycles. The van der Waals surface area contributed by atoms with Crippen LogP contribution in [0.2, 0.25) is 0 Å². The second-order valence-corrected chi connectivity index (χ2v) is 20.3. The third-order valence-electron chi connectivity index (χ3n) is 10.9. The fourth-order valence-electron chi connectivity index (χ4n) is 7.99. The standard InChI is InChI=1S/C40H26N8O12S4/c49-61(50,51)30-16-17-31-25(19-30)9-18-34-39(31)47-43(45(34)47)28-14-11-26(12-15-28)41-42-27-10-7-23(36(20-27)62(52,53)54)5-6-24-8-13-29(21-37(24)63(55,56)57)44-46-35-22-38(64(58,59)60)32-3-1-2-4-33(32)40(35)48(44)46/h1-22H,(H,49,50,51)(H,52,53,54)(H,55,56,57)(H,58,59,60). The summed E-state index contributed by atoms with van der Waals surface area (Å²) in [5, 5.41) is 10.6. The number of azo groups is 1. The largest absolute Gasteiger partial charge is 0.295 e. The van der Waals surface area contributed by atoms with Crippen molar-refractivity contribution in [2.24, 2.45) is 10.2 Å². The van der Waals surface area contributed by atoms with Gasteiger partial charge in [-0.25, -0.2) is 0 Å². The van der Waals surface area contributed by atoms with Crippen LogP contribution in [0.25, 0.3) is 67.1 Å². The van der Waals surface area contributed by atoms with E-state index in [4.69, 9.17) is 0 Å². The molecule has 7 aromatic carbocycles. The van der Waals surface area contributed by atoms with Crippen molar-refractivity contribution in [3.63, 3.8) is 0 Å². The van der Waals surface area contributed by atoms with Crippen LogP contribution in [0.4, 0.5) is 11.4 Å². The first-order chi connectivity index (χ1) is 30.3. The quantitative estimate of drug-likeness (QED) is 0.0611. The summed E-state index contributed by atoms with van der Waals surface area (Å²) in [6.45, 7) is 0. The molecule has 11 rings (SSSR count). The van der Waals surface area contributed by atoms with E-state index in [0.717, 1.165) is 28.2 Å². The highest BCUT2D eigenvalue weighted by atomic mass is 32.2. The highest BCUT2D eigenvalue weighted by molar-refractivity contribution is 7.86. The number of fused-ring (bicyclic) bond motifs is 12. The van der Waals surface area contributed by atoms with Crippen LogP contribution in [0.3, 0.4) is 0 Å². The molecule has 4 aromatic heterocycles. The third kappa shape index (κ3) is 6.22. The van der Waals surface area contributed by atoms with Gasteiger partial charge in [0.2, 0.25) is 0 Å². The van der Waals surface area contributed by atoms with E-state index in [9.17, 15) is 51.9 Å². The van der Waals surface area contributed by atoms with Crippen LogP contribution >= 0.6 is 0 Å². The lowest BCUT2D eigenvalue weighted by Gasteiger charge is -2.07. The van der Waals surface area contributed by atoms with Gasteiger partial charge in [-0.1, -0.05) is 60.7 Å². The van der Waals surface area contributed by atoms with Gasteiger partial charge in [0.15, 0.2) is 0 Å². The van der Waals surface area contributed by atoms with Gasteiger partial charge in [0, 0.05) is 16.2 Å². The number of rotatable bonds is 10. The molecule has 0 fully saturated rings. The van der Waals surface area contributed by atoms with Crippen molar-refractivity contribution in [1.82, 2.24) is 28.1 Å². The van der Waals surface area contributed by atoms with E-state index in [1.165, 1.54) is 70.1 Å². The predicted octanol–water partition coefficient (Wildman–Crippen LogP) is 7.03. The average Bonchev–Trinajstić information content (AvgIpc) is 4.10. The molecule has 0 amide bonds. The van der Waals surface area contributed by atoms with Crippen LogP contribution < -0.4 is 0 Å². The van der Waals surface area contributed by atoms with E-state index in [-0.39, 0.29) is 37.7 Å². The number of hydrogen-bond donors (Lipinski definition) is 4. The molecule has 0 saturated heterocycles. The van der Waals surface area contributed by atoms with Gasteiger partial charge in [-0.3, -0.25) is 18.2 Å². The Bertz CT molecular complexity index is 4300. The van der Waals surface area contributed by atoms with Crippen LogP contribution in [-0.4, -0.2) is 80.0 Å². The molecule has 0 radical (unpaired) electrons. The van der Waals surface area contributed by atoms with Crippen LogP contribution in [0.15, 0.2) is 151 Å². The molecule has 0 atom stereocenters. The lowest BCUT2D eigenvalue weighted by molar-refractivity contribution is 0.480. The summed E-state index contributed by atoms with van der Waals surface area (Å²) in [4.78, 5) is 1.79. The van der Waals surface area contributed by atoms with Gasteiger partial charge in [0.1, 0.15) is 36.8 Å². The van der Waals surface area contributed by atoms with Gasteiger partial charge in [-0.15, -0.1) is 18.5 Å². The summed E-state index contributed by atoms with van der Waals surface area (Å²) in [5.41, 5.74) is 4.18. The third-order valence-corrected chi connectivity index (χ3v) is 14.5. The Labute approximate surface area is 359 Å². The molecule has 11 aromatic rings. The molecule has 64 heavy (non-hydrogen) atoms. The molecule has 0 aliphatic heterocycles. The van der Waals surface area contributed by atoms with Gasteiger partial charge in [-0.2, -0.15) is 53.5 Å². The lowest BCUT2D eigenvalue weighted by atomic mass is 10.1. The fourth-order valence-corrected chi connectivity index (χ4v) is 10.6. The van der Waals surface area contributed by atoms with E-state index in [0.29, 0.717) is 27.5 Å². The van der Waals surface area contributed by atoms with Gasteiger partial charge < -0.3 is 0 Å². The van der Waals surface area contributed by atoms with Crippen molar-refractivity contribution in [2.45, 2.75) is 19.6 Å². The summed E-state index contributed by atoms with van der Waals surface area (Å²) in [6.07, 6.45) is 2.48. The molecule has 0 aliphatic rings. The summed E-state index contributed by atoms with van der Waals surface area (Å²) >= 11 is 0. The first kappa shape index (κ1) is 39.7. The summed E-state index contributed by atoms with van der Waals surface area (Å²) in [6, 6.07) is 30.7. The number of aromatic nitrogens is 6. The minimum Gasteiger partial charge on any atom is -0.282 e. The Morgan fingerprint density at radius 3 is 1.62 bits per heavy atom. The van der Waals surface area contributed by atoms with Crippen molar-refractivity contribution in [2.75, 3.05) is 0 Å². The molecular formula is C40H26N8O12S4. The monoisotopic (exact) mass is 938 g/mol. The summed E-state index contributed by atoms with van der Waals surface area (Å²) < 4.78 is 145. The Morgan fingerprint density at radius 2 is 0.969 bits per heavy atom. The van der Waals surface area contributed by atoms with E-state index < -0.39 is 50.3 Å². The normalized spacial score (nSPS) is 13.7. The lowest BCUT2D eigenvalue weighted by Crippen LogP contribution is -2.03. The van der Waals surface area contributed by atoms with Gasteiger partial charge in [-0.05, 0) is 89.3 Å². The van der Waals surface area contributed by atoms with Gasteiger partial charge in [0.25, 0.3) is 40.5 Å². The zero-order chi connectivity index (χ0) is 44.8. The molecule has 24 heteroatoms. The minimum atomic E-state index is -4.87. The number of nitrogens with zero attached hydrogens (tertiary/aromatic N) is 8. The van der Waals surface area contributed by atoms with Crippen molar-refractivity contribution in [3.05, 3.63) is 132 Å². The molecule has 0 aliphatic carbocycles. The second kappa shape index (κ2) is 13.2. The number of benzene rings is 7. The van der Waals surface area contributed by atoms with E-state index >= 15 is 0 Å². The Hall–Kier alpha value is -7.16. The van der Waals surface area contributed by atoms with Crippen molar-refractivity contribution in [3.8, 4) is 11.4 Å². The molecule has 4 heterocycles. The fraction of sp³-hybridized carbons (Fsp3) is 0. The summed E-state index contributed by atoms with van der Waals surface area (Å²) in [7, 11) is -18.7. The van der Waals surface area contributed by atoms with Crippen molar-refractivity contribution >= 4 is 108 Å². The SMILES string of the molecule is O=S(=O)(O)c1ccc2c(ccc3c2n2n(-c4ccc(N=Nc5ccc(C=Cc6ccc(-n7n8c9cc(S(=O)(=O)O)c%10ccccc%10c9n78)cc6S(=O)(=O)O)c(S(=O)(=O)O)c5)cc4)n32)c1. The van der Waals surface area contributed by atoms with Crippen molar-refractivity contribution < 1.29 is 51.9 Å². The molecule has 0 bridgehead atoms. The van der Waals surface area contributed by atoms with Crippen molar-refractivity contribution in [1.29, 1.82) is 0 Å². The topological polar surface area (TPSA) is 270 Å². The van der Waals surface area contributed by atoms with Gasteiger partial charge >= 0.3 is 0 Å². The Morgan fingerprint density at radius 1 is 0.422 bits per heavy atom. The van der Waals surface area contributed by atoms with E-state index in [1.54, 1.807) is 65.3 Å². The maximum atomic E-state index is 12.7. The van der Waals surface area contributed by atoms with Crippen LogP contribution in [0, 0.1) is 0 Å². The molecule has 4 N–H and O–H groups in total. The van der Waals surface area contributed by atoms with Crippen LogP contribution in [-0.2, 0) is 40.5 Å². The molecule has 0 spiro atoms. The van der Waals surface area contributed by atoms with E-state index in [2.05, 4.69) is 10.2 Å². The zero-order valence-corrected chi connectivity index (χ0v) is 35.2.